The van der Waals surface area contributed by atoms with Gasteiger partial charge >= 0.3 is 0 Å². The van der Waals surface area contributed by atoms with Crippen LogP contribution in [0.25, 0.3) is 0 Å². The van der Waals surface area contributed by atoms with Crippen LogP contribution in [0.5, 0.6) is 0 Å². The molecule has 1 fully saturated rings. The Balaban J connectivity index is 0.00000338. The average Bonchev–Trinajstić information content (AvgIpc) is 2.59. The molecule has 1 aromatic rings. The predicted octanol–water partition coefficient (Wildman–Crippen LogP) is 0.326. The molecule has 10 heteroatoms. The van der Waals surface area contributed by atoms with Crippen molar-refractivity contribution in [2.75, 3.05) is 39.3 Å². The van der Waals surface area contributed by atoms with Crippen LogP contribution < -0.4 is 15.4 Å². The van der Waals surface area contributed by atoms with E-state index < -0.39 is 32.7 Å². The van der Waals surface area contributed by atoms with Gasteiger partial charge in [0.2, 0.25) is 15.9 Å². The third-order valence-electron chi connectivity index (χ3n) is 4.01. The highest BCUT2D eigenvalue weighted by Gasteiger charge is 2.24. The minimum absolute atomic E-state index is 0. The summed E-state index contributed by atoms with van der Waals surface area (Å²) in [6.45, 7) is 6.72. The van der Waals surface area contributed by atoms with Gasteiger partial charge in [-0.3, -0.25) is 4.79 Å². The fraction of sp³-hybridized carbons (Fsp3) is 0.562. The predicted molar refractivity (Wildman–Crippen MR) is 100 cm³/mol. The molecule has 0 bridgehead atoms. The van der Waals surface area contributed by atoms with E-state index in [4.69, 9.17) is 0 Å². The summed E-state index contributed by atoms with van der Waals surface area (Å²) in [5.74, 6) is -1.28. The second-order valence-corrected chi connectivity index (χ2v) is 7.69. The third kappa shape index (κ3) is 6.81. The number of halogens is 2. The number of piperazine rings is 1. The van der Waals surface area contributed by atoms with Crippen molar-refractivity contribution in [1.82, 2.24) is 20.3 Å². The number of benzene rings is 1. The number of carbonyl (C=O) groups is 1. The van der Waals surface area contributed by atoms with E-state index in [0.29, 0.717) is 6.54 Å². The van der Waals surface area contributed by atoms with E-state index in [-0.39, 0.29) is 12.4 Å². The lowest BCUT2D eigenvalue weighted by atomic mass is 10.3. The summed E-state index contributed by atoms with van der Waals surface area (Å²) in [7, 11) is -4.08. The largest absolute Gasteiger partial charge is 0.355 e. The van der Waals surface area contributed by atoms with Gasteiger partial charge in [0.25, 0.3) is 0 Å². The van der Waals surface area contributed by atoms with Gasteiger partial charge in [-0.15, -0.1) is 12.4 Å². The second kappa shape index (κ2) is 10.8. The van der Waals surface area contributed by atoms with Crippen molar-refractivity contribution < 1.29 is 17.6 Å². The zero-order valence-electron chi connectivity index (χ0n) is 14.7. The number of amides is 1. The van der Waals surface area contributed by atoms with E-state index in [1.54, 1.807) is 0 Å². The Morgan fingerprint density at radius 2 is 1.96 bits per heavy atom. The normalized spacial score (nSPS) is 16.5. The van der Waals surface area contributed by atoms with E-state index in [0.717, 1.165) is 51.3 Å². The lowest BCUT2D eigenvalue weighted by Crippen LogP contribution is -2.46. The maximum absolute atomic E-state index is 13.6. The molecule has 7 nitrogen and oxygen atoms in total. The highest BCUT2D eigenvalue weighted by atomic mass is 35.5. The van der Waals surface area contributed by atoms with Crippen molar-refractivity contribution in [3.63, 3.8) is 0 Å². The molecule has 26 heavy (non-hydrogen) atoms. The lowest BCUT2D eigenvalue weighted by Gasteiger charge is -2.27. The van der Waals surface area contributed by atoms with Crippen LogP contribution in [0, 0.1) is 5.82 Å². The summed E-state index contributed by atoms with van der Waals surface area (Å²) in [5.41, 5.74) is 0. The Bertz CT molecular complexity index is 684. The second-order valence-electron chi connectivity index (χ2n) is 6.01. The molecule has 1 heterocycles. The first-order valence-corrected chi connectivity index (χ1v) is 9.86. The number of nitrogens with one attached hydrogen (secondary N) is 3. The van der Waals surface area contributed by atoms with Crippen molar-refractivity contribution >= 4 is 28.3 Å². The van der Waals surface area contributed by atoms with Crippen molar-refractivity contribution in [3.05, 3.63) is 30.1 Å². The molecule has 1 atom stereocenters. The van der Waals surface area contributed by atoms with E-state index >= 15 is 0 Å². The number of hydrogen-bond acceptors (Lipinski definition) is 5. The number of hydrogen-bond donors (Lipinski definition) is 3. The summed E-state index contributed by atoms with van der Waals surface area (Å²) in [4.78, 5) is 13.9. The number of rotatable bonds is 8. The van der Waals surface area contributed by atoms with Crippen LogP contribution in [0.3, 0.4) is 0 Å². The maximum Gasteiger partial charge on any atom is 0.244 e. The van der Waals surface area contributed by atoms with Crippen LogP contribution in [-0.2, 0) is 14.8 Å². The smallest absolute Gasteiger partial charge is 0.244 e. The van der Waals surface area contributed by atoms with E-state index in [1.807, 2.05) is 0 Å². The van der Waals surface area contributed by atoms with Gasteiger partial charge < -0.3 is 15.5 Å². The highest BCUT2D eigenvalue weighted by Crippen LogP contribution is 2.13. The molecule has 3 N–H and O–H groups in total. The maximum atomic E-state index is 13.6. The van der Waals surface area contributed by atoms with Crippen LogP contribution >= 0.6 is 12.4 Å². The molecule has 1 unspecified atom stereocenters. The number of nitrogens with zero attached hydrogens (tertiary/aromatic N) is 1. The Morgan fingerprint density at radius 3 is 2.62 bits per heavy atom. The molecule has 1 amide bonds. The fourth-order valence-corrected chi connectivity index (χ4v) is 3.90. The quantitative estimate of drug-likeness (QED) is 0.539. The van der Waals surface area contributed by atoms with Gasteiger partial charge in [-0.05, 0) is 32.0 Å². The minimum Gasteiger partial charge on any atom is -0.355 e. The standard InChI is InChI=1S/C16H25FN4O3S.ClH/c1-13(20-25(23,24)15-6-3-2-5-14(15)17)16(22)19-7-4-10-21-11-8-18-9-12-21;/h2-3,5-6,13,18,20H,4,7-12H2,1H3,(H,19,22);1H. The Morgan fingerprint density at radius 1 is 1.31 bits per heavy atom. The third-order valence-corrected chi connectivity index (χ3v) is 5.59. The Labute approximate surface area is 160 Å². The van der Waals surface area contributed by atoms with Crippen molar-refractivity contribution in [1.29, 1.82) is 0 Å². The van der Waals surface area contributed by atoms with Crippen molar-refractivity contribution in [3.8, 4) is 0 Å². The minimum atomic E-state index is -4.08. The molecular weight excluding hydrogens is 383 g/mol. The fourth-order valence-electron chi connectivity index (χ4n) is 2.61. The van der Waals surface area contributed by atoms with E-state index in [2.05, 4.69) is 20.3 Å². The molecule has 1 aliphatic rings. The summed E-state index contributed by atoms with van der Waals surface area (Å²) in [5, 5.41) is 5.98. The van der Waals surface area contributed by atoms with Crippen LogP contribution in [0.2, 0.25) is 0 Å². The van der Waals surface area contributed by atoms with Crippen LogP contribution in [0.4, 0.5) is 4.39 Å². The average molecular weight is 409 g/mol. The molecule has 1 aliphatic heterocycles. The van der Waals surface area contributed by atoms with Gasteiger partial charge in [0.05, 0.1) is 6.04 Å². The lowest BCUT2D eigenvalue weighted by molar-refractivity contribution is -0.122. The van der Waals surface area contributed by atoms with Gasteiger partial charge in [-0.25, -0.2) is 12.8 Å². The summed E-state index contributed by atoms with van der Waals surface area (Å²) in [6, 6.07) is 4.08. The molecule has 0 aromatic heterocycles. The van der Waals surface area contributed by atoms with E-state index in [9.17, 15) is 17.6 Å². The first kappa shape index (κ1) is 22.8. The first-order chi connectivity index (χ1) is 11.9. The first-order valence-electron chi connectivity index (χ1n) is 8.38. The molecule has 2 rings (SSSR count). The number of sulfonamides is 1. The van der Waals surface area contributed by atoms with Crippen LogP contribution in [-0.4, -0.2) is 64.5 Å². The van der Waals surface area contributed by atoms with Gasteiger partial charge in [-0.2, -0.15) is 4.72 Å². The molecule has 0 saturated carbocycles. The van der Waals surface area contributed by atoms with E-state index in [1.165, 1.54) is 19.1 Å². The summed E-state index contributed by atoms with van der Waals surface area (Å²) in [6.07, 6.45) is 0.790. The van der Waals surface area contributed by atoms with Crippen LogP contribution in [0.15, 0.2) is 29.2 Å². The summed E-state index contributed by atoms with van der Waals surface area (Å²) < 4.78 is 40.2. The highest BCUT2D eigenvalue weighted by molar-refractivity contribution is 7.89. The topological polar surface area (TPSA) is 90.5 Å². The monoisotopic (exact) mass is 408 g/mol. The molecular formula is C16H26ClFN4O3S. The summed E-state index contributed by atoms with van der Waals surface area (Å²) >= 11 is 0. The molecule has 0 spiro atoms. The SMILES string of the molecule is CC(NS(=O)(=O)c1ccccc1F)C(=O)NCCCN1CCNCC1.Cl. The number of carbonyl (C=O) groups excluding carboxylic acids is 1. The molecule has 0 radical (unpaired) electrons. The molecule has 0 aliphatic carbocycles. The Kier molecular flexibility index (Phi) is 9.45. The zero-order chi connectivity index (χ0) is 18.3. The van der Waals surface area contributed by atoms with Crippen molar-refractivity contribution in [2.24, 2.45) is 0 Å². The molecule has 1 aromatic carbocycles. The Hall–Kier alpha value is -1.26. The van der Waals surface area contributed by atoms with Gasteiger partial charge in [0.1, 0.15) is 10.7 Å². The molecule has 1 saturated heterocycles. The van der Waals surface area contributed by atoms with Crippen LogP contribution in [0.1, 0.15) is 13.3 Å². The molecule has 148 valence electrons. The van der Waals surface area contributed by atoms with Gasteiger partial charge in [0.15, 0.2) is 0 Å². The van der Waals surface area contributed by atoms with Gasteiger partial charge in [-0.1, -0.05) is 12.1 Å². The van der Waals surface area contributed by atoms with Crippen molar-refractivity contribution in [2.45, 2.75) is 24.3 Å². The van der Waals surface area contributed by atoms with Gasteiger partial charge in [0, 0.05) is 32.7 Å². The zero-order valence-corrected chi connectivity index (χ0v) is 16.3.